The molecule has 0 aromatic heterocycles. The summed E-state index contributed by atoms with van der Waals surface area (Å²) in [6, 6.07) is 11.9. The van der Waals surface area contributed by atoms with E-state index in [0.29, 0.717) is 17.8 Å². The highest BCUT2D eigenvalue weighted by molar-refractivity contribution is 9.10. The van der Waals surface area contributed by atoms with Gasteiger partial charge >= 0.3 is 0 Å². The van der Waals surface area contributed by atoms with E-state index in [-0.39, 0.29) is 5.91 Å². The zero-order chi connectivity index (χ0) is 19.5. The highest BCUT2D eigenvalue weighted by Gasteiger charge is 2.31. The molecule has 7 heteroatoms. The molecule has 2 aromatic rings. The fourth-order valence-electron chi connectivity index (χ4n) is 2.93. The average molecular weight is 439 g/mol. The molecule has 0 saturated heterocycles. The van der Waals surface area contributed by atoms with Gasteiger partial charge in [-0.3, -0.25) is 9.10 Å². The fraction of sp³-hybridized carbons (Fsp3) is 0.316. The zero-order valence-corrected chi connectivity index (χ0v) is 17.7. The summed E-state index contributed by atoms with van der Waals surface area (Å²) < 4.78 is 27.0. The van der Waals surface area contributed by atoms with Crippen LogP contribution < -0.4 is 9.62 Å². The van der Waals surface area contributed by atoms with E-state index in [1.807, 2.05) is 26.0 Å². The van der Waals surface area contributed by atoms with Gasteiger partial charge in [-0.25, -0.2) is 8.42 Å². The molecular weight excluding hydrogens is 416 g/mol. The molecule has 0 aliphatic rings. The standard InChI is InChI=1S/C19H23BrN2O3S/c1-5-18(19(23)21-16-8-6-7-15(20)12-16)22(26(4,24)25)17-10-13(2)9-14(3)11-17/h6-12,18H,5H2,1-4H3,(H,21,23). The summed E-state index contributed by atoms with van der Waals surface area (Å²) in [4.78, 5) is 12.9. The summed E-state index contributed by atoms with van der Waals surface area (Å²) in [6.45, 7) is 5.60. The third-order valence-corrected chi connectivity index (χ3v) is 5.56. The number of nitrogens with one attached hydrogen (secondary N) is 1. The molecule has 26 heavy (non-hydrogen) atoms. The smallest absolute Gasteiger partial charge is 0.248 e. The SMILES string of the molecule is CCC(C(=O)Nc1cccc(Br)c1)N(c1cc(C)cc(C)c1)S(C)(=O)=O. The number of anilines is 2. The molecule has 0 bridgehead atoms. The molecule has 0 saturated carbocycles. The molecule has 1 amide bonds. The van der Waals surface area contributed by atoms with E-state index in [0.717, 1.165) is 21.9 Å². The first-order chi connectivity index (χ1) is 12.1. The fourth-order valence-corrected chi connectivity index (χ4v) is 4.52. The van der Waals surface area contributed by atoms with Crippen molar-refractivity contribution in [2.45, 2.75) is 33.2 Å². The first-order valence-electron chi connectivity index (χ1n) is 8.26. The summed E-state index contributed by atoms with van der Waals surface area (Å²) >= 11 is 3.36. The Labute approximate surface area is 163 Å². The van der Waals surface area contributed by atoms with Crippen LogP contribution >= 0.6 is 15.9 Å². The minimum Gasteiger partial charge on any atom is -0.324 e. The number of benzene rings is 2. The molecular formula is C19H23BrN2O3S. The number of hydrogen-bond acceptors (Lipinski definition) is 3. The maximum Gasteiger partial charge on any atom is 0.248 e. The van der Waals surface area contributed by atoms with Gasteiger partial charge in [0.15, 0.2) is 0 Å². The van der Waals surface area contributed by atoms with E-state index in [2.05, 4.69) is 21.2 Å². The number of amides is 1. The van der Waals surface area contributed by atoms with Crippen molar-refractivity contribution in [2.75, 3.05) is 15.9 Å². The molecule has 0 heterocycles. The molecule has 2 rings (SSSR count). The molecule has 0 aliphatic carbocycles. The number of nitrogens with zero attached hydrogens (tertiary/aromatic N) is 1. The molecule has 2 aromatic carbocycles. The van der Waals surface area contributed by atoms with E-state index >= 15 is 0 Å². The van der Waals surface area contributed by atoms with Crippen molar-refractivity contribution in [1.82, 2.24) is 0 Å². The molecule has 0 spiro atoms. The normalized spacial score (nSPS) is 12.5. The predicted molar refractivity (Wildman–Crippen MR) is 110 cm³/mol. The Morgan fingerprint density at radius 1 is 1.15 bits per heavy atom. The van der Waals surface area contributed by atoms with Gasteiger partial charge in [0.2, 0.25) is 15.9 Å². The quantitative estimate of drug-likeness (QED) is 0.732. The first-order valence-corrected chi connectivity index (χ1v) is 10.9. The molecule has 140 valence electrons. The second-order valence-corrected chi connectivity index (χ2v) is 9.10. The van der Waals surface area contributed by atoms with Gasteiger partial charge in [-0.2, -0.15) is 0 Å². The Balaban J connectivity index is 2.42. The molecule has 1 unspecified atom stereocenters. The zero-order valence-electron chi connectivity index (χ0n) is 15.3. The van der Waals surface area contributed by atoms with Crippen molar-refractivity contribution in [3.05, 3.63) is 58.1 Å². The summed E-state index contributed by atoms with van der Waals surface area (Å²) in [6.07, 6.45) is 1.47. The van der Waals surface area contributed by atoms with E-state index in [4.69, 9.17) is 0 Å². The van der Waals surface area contributed by atoms with Crippen LogP contribution in [0.1, 0.15) is 24.5 Å². The van der Waals surface area contributed by atoms with Crippen LogP contribution in [0.3, 0.4) is 0 Å². The highest BCUT2D eigenvalue weighted by atomic mass is 79.9. The lowest BCUT2D eigenvalue weighted by molar-refractivity contribution is -0.117. The topological polar surface area (TPSA) is 66.5 Å². The van der Waals surface area contributed by atoms with Gasteiger partial charge in [0.1, 0.15) is 6.04 Å². The number of sulfonamides is 1. The number of rotatable bonds is 6. The Morgan fingerprint density at radius 2 is 1.77 bits per heavy atom. The van der Waals surface area contributed by atoms with Gasteiger partial charge in [0.05, 0.1) is 11.9 Å². The van der Waals surface area contributed by atoms with Crippen molar-refractivity contribution in [3.8, 4) is 0 Å². The van der Waals surface area contributed by atoms with E-state index < -0.39 is 16.1 Å². The Hall–Kier alpha value is -1.86. The minimum atomic E-state index is -3.65. The van der Waals surface area contributed by atoms with Gasteiger partial charge in [-0.1, -0.05) is 35.0 Å². The van der Waals surface area contributed by atoms with Gasteiger partial charge in [-0.15, -0.1) is 0 Å². The lowest BCUT2D eigenvalue weighted by Crippen LogP contribution is -2.47. The summed E-state index contributed by atoms with van der Waals surface area (Å²) in [5.74, 6) is -0.366. The van der Waals surface area contributed by atoms with Gasteiger partial charge in [0.25, 0.3) is 0 Å². The van der Waals surface area contributed by atoms with Crippen LogP contribution in [0.15, 0.2) is 46.9 Å². The second kappa shape index (κ2) is 8.22. The summed E-state index contributed by atoms with van der Waals surface area (Å²) in [5, 5.41) is 2.81. The van der Waals surface area contributed by atoms with Crippen molar-refractivity contribution >= 4 is 43.2 Å². The molecule has 0 aliphatic heterocycles. The number of carbonyl (C=O) groups excluding carboxylic acids is 1. The van der Waals surface area contributed by atoms with E-state index in [1.54, 1.807) is 37.3 Å². The van der Waals surface area contributed by atoms with Crippen molar-refractivity contribution in [1.29, 1.82) is 0 Å². The lowest BCUT2D eigenvalue weighted by atomic mass is 10.1. The number of aryl methyl sites for hydroxylation is 2. The molecule has 5 nitrogen and oxygen atoms in total. The summed E-state index contributed by atoms with van der Waals surface area (Å²) in [5.41, 5.74) is 2.99. The third-order valence-electron chi connectivity index (χ3n) is 3.88. The molecule has 0 radical (unpaired) electrons. The molecule has 1 N–H and O–H groups in total. The van der Waals surface area contributed by atoms with Crippen molar-refractivity contribution < 1.29 is 13.2 Å². The monoisotopic (exact) mass is 438 g/mol. The summed E-state index contributed by atoms with van der Waals surface area (Å²) in [7, 11) is -3.65. The van der Waals surface area contributed by atoms with Crippen LogP contribution in [-0.4, -0.2) is 26.6 Å². The van der Waals surface area contributed by atoms with Gasteiger partial charge in [0, 0.05) is 10.2 Å². The van der Waals surface area contributed by atoms with Crippen LogP contribution in [0, 0.1) is 13.8 Å². The van der Waals surface area contributed by atoms with E-state index in [1.165, 1.54) is 4.31 Å². The number of carbonyl (C=O) groups is 1. The second-order valence-electron chi connectivity index (χ2n) is 6.33. The van der Waals surface area contributed by atoms with Crippen LogP contribution in [0.4, 0.5) is 11.4 Å². The molecule has 1 atom stereocenters. The average Bonchev–Trinajstić information content (AvgIpc) is 2.49. The third kappa shape index (κ3) is 5.08. The van der Waals surface area contributed by atoms with Crippen LogP contribution in [0.25, 0.3) is 0 Å². The maximum atomic E-state index is 12.9. The number of halogens is 1. The van der Waals surface area contributed by atoms with Crippen molar-refractivity contribution in [3.63, 3.8) is 0 Å². The lowest BCUT2D eigenvalue weighted by Gasteiger charge is -2.30. The highest BCUT2D eigenvalue weighted by Crippen LogP contribution is 2.26. The Morgan fingerprint density at radius 3 is 2.27 bits per heavy atom. The van der Waals surface area contributed by atoms with Gasteiger partial charge < -0.3 is 5.32 Å². The van der Waals surface area contributed by atoms with Crippen LogP contribution in [0.5, 0.6) is 0 Å². The van der Waals surface area contributed by atoms with Crippen molar-refractivity contribution in [2.24, 2.45) is 0 Å². The minimum absolute atomic E-state index is 0.347. The Bertz CT molecular complexity index is 893. The number of hydrogen-bond donors (Lipinski definition) is 1. The Kier molecular flexibility index (Phi) is 6.47. The maximum absolute atomic E-state index is 12.9. The molecule has 0 fully saturated rings. The predicted octanol–water partition coefficient (Wildman–Crippen LogP) is 4.25. The van der Waals surface area contributed by atoms with Crippen LogP contribution in [-0.2, 0) is 14.8 Å². The van der Waals surface area contributed by atoms with Crippen LogP contribution in [0.2, 0.25) is 0 Å². The first kappa shape index (κ1) is 20.5. The van der Waals surface area contributed by atoms with Gasteiger partial charge in [-0.05, 0) is 61.7 Å². The van der Waals surface area contributed by atoms with E-state index in [9.17, 15) is 13.2 Å². The largest absolute Gasteiger partial charge is 0.324 e.